The van der Waals surface area contributed by atoms with E-state index in [1.54, 1.807) is 0 Å². The van der Waals surface area contributed by atoms with Gasteiger partial charge in [0.25, 0.3) is 0 Å². The van der Waals surface area contributed by atoms with E-state index in [0.717, 1.165) is 30.6 Å². The molecule has 316 valence electrons. The number of carbonyl (C=O) groups excluding carboxylic acids is 1. The van der Waals surface area contributed by atoms with Crippen LogP contribution in [-0.2, 0) is 34.6 Å². The number of aliphatic hydroxyl groups is 4. The second-order valence-electron chi connectivity index (χ2n) is 15.5. The SMILES string of the molecule is C=C(/C=C/C=C1/N(CCCCC(=O)NCCOCCOCCNCCOC2OC(CO)C(O)C(O)C2O)c2ccccc2C1(C)C)C(C)(C)c1ccccc1NC. The van der Waals surface area contributed by atoms with Gasteiger partial charge in [-0.2, -0.15) is 0 Å². The van der Waals surface area contributed by atoms with Gasteiger partial charge < -0.3 is 60.2 Å². The molecule has 13 nitrogen and oxygen atoms in total. The van der Waals surface area contributed by atoms with Crippen LogP contribution in [-0.4, -0.2) is 130 Å². The molecule has 5 unspecified atom stereocenters. The van der Waals surface area contributed by atoms with Crippen LogP contribution in [0.4, 0.5) is 11.4 Å². The Morgan fingerprint density at radius 2 is 1.61 bits per heavy atom. The fraction of sp³-hybridized carbons (Fsp3) is 0.568. The number of anilines is 2. The lowest BCUT2D eigenvalue weighted by atomic mass is 9.77. The number of carbonyl (C=O) groups is 1. The van der Waals surface area contributed by atoms with Gasteiger partial charge in [0.1, 0.15) is 24.4 Å². The highest BCUT2D eigenvalue weighted by Crippen LogP contribution is 2.47. The van der Waals surface area contributed by atoms with Gasteiger partial charge in [0.05, 0.1) is 39.6 Å². The fourth-order valence-electron chi connectivity index (χ4n) is 7.21. The number of amides is 1. The Kier molecular flexibility index (Phi) is 18.2. The third-order valence-corrected chi connectivity index (χ3v) is 10.8. The molecule has 2 aliphatic rings. The standard InChI is InChI=1S/C44H66N4O9/c1-31(43(2,3)32-15-7-9-17-34(32)45-6)14-13-19-37-44(4,5)33-16-8-10-18-35(33)48(37)24-12-11-20-38(50)47-23-26-55-29-28-54-25-21-46-22-27-56-42-41(53)40(52)39(51)36(30-49)57-42/h7-10,13-19,36,39-42,45-46,49,51-53H,1,11-12,20-30H2,2-6H3,(H,47,50)/b14-13+,37-19+. The summed E-state index contributed by atoms with van der Waals surface area (Å²) in [7, 11) is 1.95. The normalized spacial score (nSPS) is 22.6. The molecule has 2 heterocycles. The molecule has 57 heavy (non-hydrogen) atoms. The summed E-state index contributed by atoms with van der Waals surface area (Å²) in [5, 5.41) is 48.3. The number of fused-ring (bicyclic) bond motifs is 1. The molecule has 1 saturated heterocycles. The van der Waals surface area contributed by atoms with Crippen molar-refractivity contribution < 1.29 is 44.2 Å². The average molecular weight is 795 g/mol. The number of ether oxygens (including phenoxy) is 4. The Bertz CT molecular complexity index is 1630. The molecule has 2 aromatic rings. The van der Waals surface area contributed by atoms with Crippen LogP contribution < -0.4 is 20.9 Å². The third-order valence-electron chi connectivity index (χ3n) is 10.8. The van der Waals surface area contributed by atoms with Crippen molar-refractivity contribution in [2.75, 3.05) is 83.1 Å². The van der Waals surface area contributed by atoms with Crippen LogP contribution in [0, 0.1) is 0 Å². The number of para-hydroxylation sites is 2. The van der Waals surface area contributed by atoms with Crippen molar-refractivity contribution in [1.82, 2.24) is 10.6 Å². The molecular weight excluding hydrogens is 729 g/mol. The molecule has 0 radical (unpaired) electrons. The summed E-state index contributed by atoms with van der Waals surface area (Å²) in [6, 6.07) is 16.9. The summed E-state index contributed by atoms with van der Waals surface area (Å²) < 4.78 is 21.9. The quantitative estimate of drug-likeness (QED) is 0.0610. The first-order valence-electron chi connectivity index (χ1n) is 20.1. The average Bonchev–Trinajstić information content (AvgIpc) is 3.42. The molecular formula is C44H66N4O9. The number of hydrogen-bond donors (Lipinski definition) is 7. The van der Waals surface area contributed by atoms with Crippen molar-refractivity contribution in [2.45, 2.75) is 88.5 Å². The largest absolute Gasteiger partial charge is 0.394 e. The molecule has 1 amide bonds. The summed E-state index contributed by atoms with van der Waals surface area (Å²) in [6.07, 6.45) is 2.12. The van der Waals surface area contributed by atoms with Gasteiger partial charge in [-0.1, -0.05) is 82.8 Å². The topological polar surface area (TPSA) is 174 Å². The van der Waals surface area contributed by atoms with Gasteiger partial charge in [0, 0.05) is 67.5 Å². The van der Waals surface area contributed by atoms with Crippen LogP contribution in [0.1, 0.15) is 58.1 Å². The molecule has 1 fully saturated rings. The second-order valence-corrected chi connectivity index (χ2v) is 15.5. The molecule has 0 spiro atoms. The van der Waals surface area contributed by atoms with Crippen molar-refractivity contribution in [3.8, 4) is 0 Å². The Morgan fingerprint density at radius 1 is 0.930 bits per heavy atom. The summed E-state index contributed by atoms with van der Waals surface area (Å²) in [5.74, 6) is 0.0123. The van der Waals surface area contributed by atoms with E-state index in [1.807, 2.05) is 13.1 Å². The summed E-state index contributed by atoms with van der Waals surface area (Å²) in [6.45, 7) is 17.0. The van der Waals surface area contributed by atoms with Crippen molar-refractivity contribution >= 4 is 17.3 Å². The molecule has 2 aliphatic heterocycles. The van der Waals surface area contributed by atoms with Gasteiger partial charge in [-0.05, 0) is 47.8 Å². The maximum atomic E-state index is 12.6. The molecule has 2 aromatic carbocycles. The number of rotatable bonds is 24. The van der Waals surface area contributed by atoms with Gasteiger partial charge in [0.15, 0.2) is 6.29 Å². The highest BCUT2D eigenvalue weighted by atomic mass is 16.7. The van der Waals surface area contributed by atoms with Crippen LogP contribution in [0.15, 0.2) is 84.6 Å². The highest BCUT2D eigenvalue weighted by Gasteiger charge is 2.44. The maximum Gasteiger partial charge on any atom is 0.220 e. The Balaban J connectivity index is 1.09. The summed E-state index contributed by atoms with van der Waals surface area (Å²) >= 11 is 0. The van der Waals surface area contributed by atoms with E-state index in [9.17, 15) is 25.2 Å². The zero-order valence-corrected chi connectivity index (χ0v) is 34.4. The zero-order valence-electron chi connectivity index (χ0n) is 34.4. The van der Waals surface area contributed by atoms with E-state index in [4.69, 9.17) is 18.9 Å². The smallest absolute Gasteiger partial charge is 0.220 e. The van der Waals surface area contributed by atoms with E-state index in [1.165, 1.54) is 22.5 Å². The number of nitrogens with one attached hydrogen (secondary N) is 3. The molecule has 13 heteroatoms. The highest BCUT2D eigenvalue weighted by molar-refractivity contribution is 5.75. The van der Waals surface area contributed by atoms with Crippen LogP contribution in [0.25, 0.3) is 0 Å². The molecule has 5 atom stereocenters. The van der Waals surface area contributed by atoms with Crippen molar-refractivity contribution in [2.24, 2.45) is 0 Å². The minimum absolute atomic E-state index is 0.0123. The number of nitrogens with zero attached hydrogens (tertiary/aromatic N) is 1. The molecule has 0 bridgehead atoms. The molecule has 0 aromatic heterocycles. The van der Waals surface area contributed by atoms with Gasteiger partial charge >= 0.3 is 0 Å². The number of unbranched alkanes of at least 4 members (excludes halogenated alkanes) is 1. The number of aliphatic hydroxyl groups excluding tert-OH is 4. The first kappa shape index (κ1) is 46.1. The molecule has 7 N–H and O–H groups in total. The molecule has 0 saturated carbocycles. The minimum atomic E-state index is -1.46. The predicted octanol–water partition coefficient (Wildman–Crippen LogP) is 3.53. The monoisotopic (exact) mass is 794 g/mol. The molecule has 0 aliphatic carbocycles. The predicted molar refractivity (Wildman–Crippen MR) is 223 cm³/mol. The number of allylic oxidation sites excluding steroid dienone is 5. The van der Waals surface area contributed by atoms with Gasteiger partial charge in [-0.3, -0.25) is 4.79 Å². The van der Waals surface area contributed by atoms with E-state index in [0.29, 0.717) is 52.5 Å². The van der Waals surface area contributed by atoms with Crippen LogP contribution in [0.3, 0.4) is 0 Å². The van der Waals surface area contributed by atoms with Crippen molar-refractivity contribution in [3.63, 3.8) is 0 Å². The minimum Gasteiger partial charge on any atom is -0.394 e. The lowest BCUT2D eigenvalue weighted by Gasteiger charge is -2.39. The lowest BCUT2D eigenvalue weighted by molar-refractivity contribution is -0.300. The fourth-order valence-corrected chi connectivity index (χ4v) is 7.21. The molecule has 4 rings (SSSR count). The third kappa shape index (κ3) is 12.4. The van der Waals surface area contributed by atoms with E-state index in [-0.39, 0.29) is 23.3 Å². The van der Waals surface area contributed by atoms with Crippen molar-refractivity contribution in [1.29, 1.82) is 0 Å². The van der Waals surface area contributed by atoms with E-state index in [2.05, 4.69) is 116 Å². The van der Waals surface area contributed by atoms with Crippen LogP contribution in [0.5, 0.6) is 0 Å². The Morgan fingerprint density at radius 3 is 2.35 bits per heavy atom. The first-order chi connectivity index (χ1) is 27.3. The number of benzene rings is 2. The Hall–Kier alpha value is -3.63. The van der Waals surface area contributed by atoms with Gasteiger partial charge in [-0.25, -0.2) is 0 Å². The second kappa shape index (κ2) is 22.5. The van der Waals surface area contributed by atoms with Crippen LogP contribution in [0.2, 0.25) is 0 Å². The summed E-state index contributed by atoms with van der Waals surface area (Å²) in [5.41, 5.74) is 6.63. The lowest BCUT2D eigenvalue weighted by Crippen LogP contribution is -2.59. The van der Waals surface area contributed by atoms with Gasteiger partial charge in [-0.15, -0.1) is 0 Å². The Labute approximate surface area is 338 Å². The van der Waals surface area contributed by atoms with E-state index >= 15 is 0 Å². The van der Waals surface area contributed by atoms with E-state index < -0.39 is 37.3 Å². The van der Waals surface area contributed by atoms with Gasteiger partial charge in [0.2, 0.25) is 5.91 Å². The summed E-state index contributed by atoms with van der Waals surface area (Å²) in [4.78, 5) is 15.0. The van der Waals surface area contributed by atoms with Crippen LogP contribution >= 0.6 is 0 Å². The zero-order chi connectivity index (χ0) is 41.4. The maximum absolute atomic E-state index is 12.6. The van der Waals surface area contributed by atoms with Crippen molar-refractivity contribution in [3.05, 3.63) is 95.7 Å². The first-order valence-corrected chi connectivity index (χ1v) is 20.1. The number of hydrogen-bond acceptors (Lipinski definition) is 12.